The van der Waals surface area contributed by atoms with E-state index in [4.69, 9.17) is 0 Å². The van der Waals surface area contributed by atoms with E-state index in [-0.39, 0.29) is 16.8 Å². The third-order valence-electron chi connectivity index (χ3n) is 3.76. The second-order valence-corrected chi connectivity index (χ2v) is 5.66. The molecule has 6 nitrogen and oxygen atoms in total. The molecule has 0 amide bonds. The summed E-state index contributed by atoms with van der Waals surface area (Å²) in [6, 6.07) is 11.0. The van der Waals surface area contributed by atoms with Crippen molar-refractivity contribution in [2.24, 2.45) is 0 Å². The van der Waals surface area contributed by atoms with E-state index < -0.39 is 0 Å². The fraction of sp³-hybridized carbons (Fsp3) is 0.353. The highest BCUT2D eigenvalue weighted by atomic mass is 16.6. The molecule has 2 aromatic rings. The summed E-state index contributed by atoms with van der Waals surface area (Å²) in [4.78, 5) is 19.3. The third-order valence-corrected chi connectivity index (χ3v) is 3.76. The van der Waals surface area contributed by atoms with Crippen molar-refractivity contribution in [3.8, 4) is 0 Å². The molecule has 0 radical (unpaired) electrons. The Hall–Kier alpha value is -2.47. The summed E-state index contributed by atoms with van der Waals surface area (Å²) in [5.41, 5.74) is 2.04. The maximum absolute atomic E-state index is 11.4. The maximum atomic E-state index is 11.4. The number of hydrogen-bond acceptors (Lipinski definition) is 5. The highest BCUT2D eigenvalue weighted by Crippen LogP contribution is 2.34. The fourth-order valence-electron chi connectivity index (χ4n) is 2.64. The highest BCUT2D eigenvalue weighted by molar-refractivity contribution is 5.69. The molecule has 1 heterocycles. The number of pyridine rings is 1. The van der Waals surface area contributed by atoms with Gasteiger partial charge in [-0.3, -0.25) is 15.0 Å². The lowest BCUT2D eigenvalue weighted by molar-refractivity contribution is -0.384. The van der Waals surface area contributed by atoms with Gasteiger partial charge in [0.05, 0.1) is 11.1 Å². The van der Waals surface area contributed by atoms with E-state index in [0.29, 0.717) is 5.82 Å². The molecule has 23 heavy (non-hydrogen) atoms. The van der Waals surface area contributed by atoms with Crippen LogP contribution in [0.15, 0.2) is 42.6 Å². The van der Waals surface area contributed by atoms with Gasteiger partial charge < -0.3 is 4.90 Å². The van der Waals surface area contributed by atoms with Gasteiger partial charge in [-0.05, 0) is 45.6 Å². The Morgan fingerprint density at radius 1 is 1.22 bits per heavy atom. The van der Waals surface area contributed by atoms with Crippen LogP contribution < -0.4 is 4.90 Å². The molecule has 1 unspecified atom stereocenters. The molecular weight excluding hydrogens is 292 g/mol. The Labute approximate surface area is 136 Å². The molecule has 0 spiro atoms. The van der Waals surface area contributed by atoms with Crippen molar-refractivity contribution in [2.75, 3.05) is 19.0 Å². The van der Waals surface area contributed by atoms with E-state index >= 15 is 0 Å². The molecule has 0 N–H and O–H groups in total. The zero-order valence-corrected chi connectivity index (χ0v) is 13.9. The quantitative estimate of drug-likeness (QED) is 0.462. The van der Waals surface area contributed by atoms with Gasteiger partial charge in [-0.15, -0.1) is 0 Å². The highest BCUT2D eigenvalue weighted by Gasteiger charge is 2.28. The summed E-state index contributed by atoms with van der Waals surface area (Å²) in [6.07, 6.45) is 2.35. The van der Waals surface area contributed by atoms with E-state index in [1.165, 1.54) is 6.07 Å². The Bertz CT molecular complexity index is 671. The molecule has 0 saturated carbocycles. The molecule has 0 bridgehead atoms. The normalized spacial score (nSPS) is 12.2. The number of aromatic nitrogens is 1. The van der Waals surface area contributed by atoms with Gasteiger partial charge in [-0.25, -0.2) is 4.98 Å². The molecule has 1 aromatic heterocycles. The van der Waals surface area contributed by atoms with E-state index in [2.05, 4.69) is 11.9 Å². The third kappa shape index (κ3) is 3.65. The Morgan fingerprint density at radius 3 is 2.39 bits per heavy atom. The van der Waals surface area contributed by atoms with Gasteiger partial charge in [-0.1, -0.05) is 24.6 Å². The lowest BCUT2D eigenvalue weighted by Gasteiger charge is -2.36. The molecule has 0 aliphatic carbocycles. The summed E-state index contributed by atoms with van der Waals surface area (Å²) in [5, 5.41) is 11.4. The van der Waals surface area contributed by atoms with Gasteiger partial charge in [0.1, 0.15) is 0 Å². The number of hydrogen-bond donors (Lipinski definition) is 0. The smallest absolute Gasteiger partial charge is 0.304 e. The van der Waals surface area contributed by atoms with Crippen LogP contribution in [0.25, 0.3) is 0 Å². The molecule has 6 heteroatoms. The molecule has 122 valence electrons. The van der Waals surface area contributed by atoms with Crippen LogP contribution in [0.1, 0.15) is 18.9 Å². The van der Waals surface area contributed by atoms with E-state index in [9.17, 15) is 10.1 Å². The van der Waals surface area contributed by atoms with Gasteiger partial charge in [0.15, 0.2) is 0 Å². The summed E-state index contributed by atoms with van der Waals surface area (Å²) in [6.45, 7) is 4.07. The van der Waals surface area contributed by atoms with Crippen LogP contribution in [-0.4, -0.2) is 35.1 Å². The molecule has 0 fully saturated rings. The average molecular weight is 314 g/mol. The summed E-state index contributed by atoms with van der Waals surface area (Å²) in [5.74, 6) is 0.363. The largest absolute Gasteiger partial charge is 0.311 e. The first-order chi connectivity index (χ1) is 11.0. The Kier molecular flexibility index (Phi) is 5.28. The van der Waals surface area contributed by atoms with Crippen molar-refractivity contribution in [3.63, 3.8) is 0 Å². The number of rotatable bonds is 6. The van der Waals surface area contributed by atoms with Crippen LogP contribution in [0.2, 0.25) is 0 Å². The molecule has 1 aromatic carbocycles. The first-order valence-electron chi connectivity index (χ1n) is 7.57. The predicted molar refractivity (Wildman–Crippen MR) is 92.0 cm³/mol. The van der Waals surface area contributed by atoms with Crippen LogP contribution in [0.3, 0.4) is 0 Å². The van der Waals surface area contributed by atoms with Crippen molar-refractivity contribution in [3.05, 3.63) is 58.3 Å². The lowest BCUT2D eigenvalue weighted by Crippen LogP contribution is -2.42. The van der Waals surface area contributed by atoms with Gasteiger partial charge in [0.25, 0.3) is 0 Å². The number of nitrogens with zero attached hydrogens (tertiary/aromatic N) is 4. The number of nitro groups is 1. The standard InChI is InChI=1S/C17H22N4O2/c1-5-16(19(3)4)20(14-10-8-13(2)9-11-14)17-15(21(22)23)7-6-12-18-17/h6-12,16H,5H2,1-4H3. The average Bonchev–Trinajstić information content (AvgIpc) is 2.53. The van der Waals surface area contributed by atoms with E-state index in [1.807, 2.05) is 55.1 Å². The molecule has 0 aliphatic rings. The van der Waals surface area contributed by atoms with E-state index in [1.54, 1.807) is 12.3 Å². The zero-order chi connectivity index (χ0) is 17.0. The monoisotopic (exact) mass is 314 g/mol. The molecule has 0 aliphatic heterocycles. The van der Waals surface area contributed by atoms with Gasteiger partial charge >= 0.3 is 5.69 Å². The first-order valence-corrected chi connectivity index (χ1v) is 7.57. The van der Waals surface area contributed by atoms with Crippen LogP contribution in [0.4, 0.5) is 17.2 Å². The second-order valence-electron chi connectivity index (χ2n) is 5.66. The SMILES string of the molecule is CCC(N(C)C)N(c1ccc(C)cc1)c1ncccc1[N+](=O)[O-]. The van der Waals surface area contributed by atoms with E-state index in [0.717, 1.165) is 17.7 Å². The Morgan fingerprint density at radius 2 is 1.87 bits per heavy atom. The zero-order valence-electron chi connectivity index (χ0n) is 13.9. The second kappa shape index (κ2) is 7.19. The van der Waals surface area contributed by atoms with Crippen molar-refractivity contribution >= 4 is 17.2 Å². The first kappa shape index (κ1) is 16.9. The number of aryl methyl sites for hydroxylation is 1. The molecule has 1 atom stereocenters. The van der Waals surface area contributed by atoms with Crippen molar-refractivity contribution in [2.45, 2.75) is 26.4 Å². The lowest BCUT2D eigenvalue weighted by atomic mass is 10.1. The van der Waals surface area contributed by atoms with Gasteiger partial charge in [0.2, 0.25) is 5.82 Å². The topological polar surface area (TPSA) is 62.5 Å². The van der Waals surface area contributed by atoms with Crippen molar-refractivity contribution < 1.29 is 4.92 Å². The molecular formula is C17H22N4O2. The summed E-state index contributed by atoms with van der Waals surface area (Å²) >= 11 is 0. The van der Waals surface area contributed by atoms with Crippen LogP contribution in [0, 0.1) is 17.0 Å². The summed E-state index contributed by atoms with van der Waals surface area (Å²) in [7, 11) is 3.92. The Balaban J connectivity index is 2.62. The van der Waals surface area contributed by atoms with Gasteiger partial charge in [0, 0.05) is 18.0 Å². The predicted octanol–water partition coefficient (Wildman–Crippen LogP) is 3.73. The molecule has 2 rings (SSSR count). The van der Waals surface area contributed by atoms with Crippen molar-refractivity contribution in [1.29, 1.82) is 0 Å². The van der Waals surface area contributed by atoms with Crippen LogP contribution >= 0.6 is 0 Å². The minimum Gasteiger partial charge on any atom is -0.304 e. The molecule has 0 saturated heterocycles. The van der Waals surface area contributed by atoms with Crippen LogP contribution in [0.5, 0.6) is 0 Å². The van der Waals surface area contributed by atoms with Gasteiger partial charge in [-0.2, -0.15) is 0 Å². The number of benzene rings is 1. The van der Waals surface area contributed by atoms with Crippen molar-refractivity contribution in [1.82, 2.24) is 9.88 Å². The summed E-state index contributed by atoms with van der Waals surface area (Å²) < 4.78 is 0. The fourth-order valence-corrected chi connectivity index (χ4v) is 2.64. The minimum absolute atomic E-state index is 0.00775. The van der Waals surface area contributed by atoms with Crippen LogP contribution in [-0.2, 0) is 0 Å². The minimum atomic E-state index is -0.383. The number of anilines is 2. The maximum Gasteiger partial charge on any atom is 0.311 e.